The summed E-state index contributed by atoms with van der Waals surface area (Å²) < 4.78 is 0. The molecule has 0 bridgehead atoms. The molecule has 2 rings (SSSR count). The van der Waals surface area contributed by atoms with Crippen molar-refractivity contribution in [3.63, 3.8) is 0 Å². The Morgan fingerprint density at radius 1 is 1.65 bits per heavy atom. The molecular formula is C14H23N3O2S. The van der Waals surface area contributed by atoms with E-state index in [4.69, 9.17) is 0 Å². The van der Waals surface area contributed by atoms with E-state index in [-0.39, 0.29) is 18.7 Å². The van der Waals surface area contributed by atoms with Gasteiger partial charge in [-0.1, -0.05) is 20.3 Å². The molecule has 1 fully saturated rings. The second-order valence-corrected chi connectivity index (χ2v) is 6.49. The van der Waals surface area contributed by atoms with E-state index in [2.05, 4.69) is 24.1 Å². The Labute approximate surface area is 124 Å². The third-order valence-corrected chi connectivity index (χ3v) is 4.80. The zero-order valence-electron chi connectivity index (χ0n) is 12.1. The average Bonchev–Trinajstić information content (AvgIpc) is 2.86. The van der Waals surface area contributed by atoms with Gasteiger partial charge in [-0.05, 0) is 25.2 Å². The Bertz CT molecular complexity index is 449. The summed E-state index contributed by atoms with van der Waals surface area (Å²) in [6.07, 6.45) is 5.95. The first-order valence-electron chi connectivity index (χ1n) is 7.28. The Kier molecular flexibility index (Phi) is 5.37. The van der Waals surface area contributed by atoms with Crippen molar-refractivity contribution in [2.75, 3.05) is 18.5 Å². The van der Waals surface area contributed by atoms with Gasteiger partial charge in [-0.3, -0.25) is 5.32 Å². The first kappa shape index (κ1) is 15.3. The fraction of sp³-hybridized carbons (Fsp3) is 0.714. The van der Waals surface area contributed by atoms with Crippen LogP contribution in [0, 0.1) is 5.92 Å². The predicted molar refractivity (Wildman–Crippen MR) is 81.1 cm³/mol. The van der Waals surface area contributed by atoms with Crippen LogP contribution in [-0.2, 0) is 6.42 Å². The lowest BCUT2D eigenvalue weighted by Gasteiger charge is -2.38. The molecule has 0 spiro atoms. The van der Waals surface area contributed by atoms with Gasteiger partial charge >= 0.3 is 6.03 Å². The van der Waals surface area contributed by atoms with Crippen LogP contribution in [-0.4, -0.2) is 40.2 Å². The van der Waals surface area contributed by atoms with Crippen LogP contribution in [0.25, 0.3) is 0 Å². The summed E-state index contributed by atoms with van der Waals surface area (Å²) in [5.41, 5.74) is 0. The number of amides is 2. The van der Waals surface area contributed by atoms with Crippen molar-refractivity contribution < 1.29 is 9.90 Å². The normalized spacial score (nSPS) is 22.9. The number of likely N-dealkylation sites (tertiary alicyclic amines) is 1. The topological polar surface area (TPSA) is 65.5 Å². The van der Waals surface area contributed by atoms with Crippen LogP contribution in [0.4, 0.5) is 9.93 Å². The fourth-order valence-corrected chi connectivity index (χ4v) is 3.57. The van der Waals surface area contributed by atoms with Crippen LogP contribution >= 0.6 is 11.3 Å². The van der Waals surface area contributed by atoms with Crippen LogP contribution in [0.2, 0.25) is 0 Å². The third-order valence-electron chi connectivity index (χ3n) is 3.83. The van der Waals surface area contributed by atoms with Crippen molar-refractivity contribution in [2.45, 2.75) is 45.6 Å². The third kappa shape index (κ3) is 3.49. The van der Waals surface area contributed by atoms with Crippen LogP contribution < -0.4 is 5.32 Å². The summed E-state index contributed by atoms with van der Waals surface area (Å²) in [5.74, 6) is 0.339. The number of aromatic nitrogens is 1. The number of carbonyl (C=O) groups excluding carboxylic acids is 1. The van der Waals surface area contributed by atoms with Crippen molar-refractivity contribution in [1.29, 1.82) is 0 Å². The van der Waals surface area contributed by atoms with E-state index < -0.39 is 0 Å². The van der Waals surface area contributed by atoms with E-state index in [1.165, 1.54) is 16.2 Å². The Morgan fingerprint density at radius 2 is 2.45 bits per heavy atom. The second kappa shape index (κ2) is 7.04. The molecule has 2 N–H and O–H groups in total. The SMILES string of the molecule is CCCc1cnc(NC(=O)N2CCCC(C)C2CO)s1. The predicted octanol–water partition coefficient (Wildman–Crippen LogP) is 2.72. The first-order chi connectivity index (χ1) is 9.65. The lowest BCUT2D eigenvalue weighted by molar-refractivity contribution is 0.0811. The van der Waals surface area contributed by atoms with E-state index >= 15 is 0 Å². The molecule has 2 unspecified atom stereocenters. The van der Waals surface area contributed by atoms with Crippen LogP contribution in [0.15, 0.2) is 6.20 Å². The van der Waals surface area contributed by atoms with Gasteiger partial charge < -0.3 is 10.0 Å². The average molecular weight is 297 g/mol. The lowest BCUT2D eigenvalue weighted by Crippen LogP contribution is -2.51. The summed E-state index contributed by atoms with van der Waals surface area (Å²) in [6, 6.07) is -0.230. The van der Waals surface area contributed by atoms with Crippen molar-refractivity contribution in [3.8, 4) is 0 Å². The van der Waals surface area contributed by atoms with E-state index in [0.717, 1.165) is 25.7 Å². The van der Waals surface area contributed by atoms with Gasteiger partial charge in [-0.25, -0.2) is 9.78 Å². The van der Waals surface area contributed by atoms with Gasteiger partial charge in [-0.15, -0.1) is 11.3 Å². The molecule has 1 aliphatic heterocycles. The monoisotopic (exact) mass is 297 g/mol. The molecule has 2 atom stereocenters. The summed E-state index contributed by atoms with van der Waals surface area (Å²) >= 11 is 1.53. The van der Waals surface area contributed by atoms with Crippen molar-refractivity contribution in [3.05, 3.63) is 11.1 Å². The molecule has 0 saturated carbocycles. The minimum Gasteiger partial charge on any atom is -0.394 e. The molecular weight excluding hydrogens is 274 g/mol. The number of carbonyl (C=O) groups is 1. The molecule has 5 nitrogen and oxygen atoms in total. The van der Waals surface area contributed by atoms with Crippen LogP contribution in [0.1, 0.15) is 38.0 Å². The molecule has 20 heavy (non-hydrogen) atoms. The molecule has 2 heterocycles. The highest BCUT2D eigenvalue weighted by molar-refractivity contribution is 7.15. The summed E-state index contributed by atoms with van der Waals surface area (Å²) in [7, 11) is 0. The molecule has 1 aliphatic rings. The molecule has 1 aromatic rings. The minimum absolute atomic E-state index is 0.0214. The van der Waals surface area contributed by atoms with Gasteiger partial charge in [0.05, 0.1) is 12.6 Å². The number of urea groups is 1. The number of piperidine rings is 1. The van der Waals surface area contributed by atoms with Gasteiger partial charge in [-0.2, -0.15) is 0 Å². The van der Waals surface area contributed by atoms with E-state index in [9.17, 15) is 9.90 Å². The number of nitrogens with zero attached hydrogens (tertiary/aromatic N) is 2. The van der Waals surface area contributed by atoms with Crippen molar-refractivity contribution in [2.24, 2.45) is 5.92 Å². The van der Waals surface area contributed by atoms with Crippen molar-refractivity contribution in [1.82, 2.24) is 9.88 Å². The fourth-order valence-electron chi connectivity index (χ4n) is 2.67. The molecule has 1 saturated heterocycles. The zero-order chi connectivity index (χ0) is 14.5. The Morgan fingerprint density at radius 3 is 3.15 bits per heavy atom. The number of aryl methyl sites for hydroxylation is 1. The second-order valence-electron chi connectivity index (χ2n) is 5.37. The number of thiazole rings is 1. The lowest BCUT2D eigenvalue weighted by atomic mass is 9.91. The zero-order valence-corrected chi connectivity index (χ0v) is 12.9. The van der Waals surface area contributed by atoms with E-state index in [1.807, 2.05) is 6.20 Å². The van der Waals surface area contributed by atoms with Gasteiger partial charge in [0.15, 0.2) is 5.13 Å². The minimum atomic E-state index is -0.145. The standard InChI is InChI=1S/C14H23N3O2S/c1-3-5-11-8-15-13(20-11)16-14(19)17-7-4-6-10(2)12(17)9-18/h8,10,12,18H,3-7,9H2,1-2H3,(H,15,16,19). The highest BCUT2D eigenvalue weighted by atomic mass is 32.1. The number of rotatable bonds is 4. The van der Waals surface area contributed by atoms with Gasteiger partial charge in [0.25, 0.3) is 0 Å². The quantitative estimate of drug-likeness (QED) is 0.898. The van der Waals surface area contributed by atoms with Crippen molar-refractivity contribution >= 4 is 22.5 Å². The Hall–Kier alpha value is -1.14. The molecule has 112 valence electrons. The largest absolute Gasteiger partial charge is 0.394 e. The smallest absolute Gasteiger partial charge is 0.323 e. The van der Waals surface area contributed by atoms with Gasteiger partial charge in [0, 0.05) is 17.6 Å². The molecule has 6 heteroatoms. The van der Waals surface area contributed by atoms with E-state index in [1.54, 1.807) is 4.90 Å². The number of nitrogens with one attached hydrogen (secondary N) is 1. The maximum atomic E-state index is 12.3. The van der Waals surface area contributed by atoms with Gasteiger partial charge in [0.2, 0.25) is 0 Å². The molecule has 0 radical (unpaired) electrons. The molecule has 0 aromatic carbocycles. The summed E-state index contributed by atoms with van der Waals surface area (Å²) in [5, 5.41) is 13.0. The molecule has 0 aliphatic carbocycles. The first-order valence-corrected chi connectivity index (χ1v) is 8.10. The number of aliphatic hydroxyl groups is 1. The van der Waals surface area contributed by atoms with Crippen LogP contribution in [0.5, 0.6) is 0 Å². The maximum absolute atomic E-state index is 12.3. The summed E-state index contributed by atoms with van der Waals surface area (Å²) in [6.45, 7) is 4.93. The van der Waals surface area contributed by atoms with Crippen LogP contribution in [0.3, 0.4) is 0 Å². The number of aliphatic hydroxyl groups excluding tert-OH is 1. The summed E-state index contributed by atoms with van der Waals surface area (Å²) in [4.78, 5) is 19.5. The molecule has 1 aromatic heterocycles. The number of anilines is 1. The highest BCUT2D eigenvalue weighted by Gasteiger charge is 2.31. The highest BCUT2D eigenvalue weighted by Crippen LogP contribution is 2.25. The number of hydrogen-bond acceptors (Lipinski definition) is 4. The maximum Gasteiger partial charge on any atom is 0.323 e. The molecule has 2 amide bonds. The number of hydrogen-bond donors (Lipinski definition) is 2. The Balaban J connectivity index is 1.98. The van der Waals surface area contributed by atoms with Gasteiger partial charge in [0.1, 0.15) is 0 Å². The van der Waals surface area contributed by atoms with E-state index in [0.29, 0.717) is 17.6 Å².